The summed E-state index contributed by atoms with van der Waals surface area (Å²) in [5.74, 6) is 8.90. The van der Waals surface area contributed by atoms with Crippen LogP contribution in [0, 0.1) is 47.3 Å². The van der Waals surface area contributed by atoms with Crippen molar-refractivity contribution in [3.63, 3.8) is 0 Å². The summed E-state index contributed by atoms with van der Waals surface area (Å²) in [6, 6.07) is 0. The van der Waals surface area contributed by atoms with Crippen molar-refractivity contribution in [1.82, 2.24) is 0 Å². The van der Waals surface area contributed by atoms with Gasteiger partial charge < -0.3 is 0 Å². The molecule has 102 valence electrons. The van der Waals surface area contributed by atoms with Crippen LogP contribution in [-0.4, -0.2) is 0 Å². The highest BCUT2D eigenvalue weighted by Crippen LogP contribution is 2.57. The molecule has 0 aromatic heterocycles. The summed E-state index contributed by atoms with van der Waals surface area (Å²) in [5.41, 5.74) is 0. The first-order chi connectivity index (χ1) is 8.74. The van der Waals surface area contributed by atoms with E-state index in [-0.39, 0.29) is 0 Å². The molecule has 8 atom stereocenters. The second kappa shape index (κ2) is 4.25. The molecule has 0 spiro atoms. The van der Waals surface area contributed by atoms with E-state index < -0.39 is 0 Å². The van der Waals surface area contributed by atoms with Gasteiger partial charge in [0.05, 0.1) is 0 Å². The Bertz CT molecular complexity index is 284. The molecule has 0 heterocycles. The maximum Gasteiger partial charge on any atom is -0.0357 e. The predicted octanol–water partition coefficient (Wildman–Crippen LogP) is 5.13. The number of hydrogen-bond donors (Lipinski definition) is 0. The molecule has 0 amide bonds. The van der Waals surface area contributed by atoms with Crippen LogP contribution in [0.15, 0.2) is 0 Å². The lowest BCUT2D eigenvalue weighted by Gasteiger charge is -2.33. The average molecular weight is 246 g/mol. The Morgan fingerprint density at radius 1 is 0.611 bits per heavy atom. The first-order valence-electron chi connectivity index (χ1n) is 8.74. The third-order valence-electron chi connectivity index (χ3n) is 7.91. The second-order valence-electron chi connectivity index (χ2n) is 8.29. The van der Waals surface area contributed by atoms with Crippen molar-refractivity contribution in [3.8, 4) is 0 Å². The van der Waals surface area contributed by atoms with Crippen LogP contribution in [0.2, 0.25) is 0 Å². The fourth-order valence-corrected chi connectivity index (χ4v) is 6.78. The third-order valence-corrected chi connectivity index (χ3v) is 7.91. The van der Waals surface area contributed by atoms with E-state index in [2.05, 4.69) is 13.8 Å². The van der Waals surface area contributed by atoms with E-state index in [1.54, 1.807) is 51.4 Å². The van der Waals surface area contributed by atoms with Crippen LogP contribution >= 0.6 is 0 Å². The van der Waals surface area contributed by atoms with Crippen molar-refractivity contribution >= 4 is 0 Å². The summed E-state index contributed by atoms with van der Waals surface area (Å²) in [5, 5.41) is 0. The fourth-order valence-electron chi connectivity index (χ4n) is 6.78. The molecule has 0 aromatic rings. The van der Waals surface area contributed by atoms with Crippen molar-refractivity contribution in [3.05, 3.63) is 0 Å². The predicted molar refractivity (Wildman–Crippen MR) is 76.2 cm³/mol. The summed E-state index contributed by atoms with van der Waals surface area (Å²) < 4.78 is 0. The van der Waals surface area contributed by atoms with Crippen molar-refractivity contribution < 1.29 is 0 Å². The standard InChI is InChI=1S/C18H30/c1-11-13-3-5-15(9-13)17(11)7-8-18-12(2)14-4-6-16(18)10-14/h11-18H,3-10H2,1-2H3. The van der Waals surface area contributed by atoms with Gasteiger partial charge in [0.2, 0.25) is 0 Å². The highest BCUT2D eigenvalue weighted by atomic mass is 14.5. The van der Waals surface area contributed by atoms with Gasteiger partial charge >= 0.3 is 0 Å². The van der Waals surface area contributed by atoms with Gasteiger partial charge in [-0.15, -0.1) is 0 Å². The molecule has 0 N–H and O–H groups in total. The van der Waals surface area contributed by atoms with Crippen LogP contribution in [0.5, 0.6) is 0 Å². The van der Waals surface area contributed by atoms with Crippen molar-refractivity contribution in [2.24, 2.45) is 47.3 Å². The van der Waals surface area contributed by atoms with Crippen molar-refractivity contribution in [2.75, 3.05) is 0 Å². The number of fused-ring (bicyclic) bond motifs is 4. The fraction of sp³-hybridized carbons (Fsp3) is 1.00. The van der Waals surface area contributed by atoms with Gasteiger partial charge in [-0.3, -0.25) is 0 Å². The first kappa shape index (κ1) is 11.8. The van der Waals surface area contributed by atoms with Crippen molar-refractivity contribution in [2.45, 2.75) is 65.2 Å². The lowest BCUT2D eigenvalue weighted by atomic mass is 9.73. The van der Waals surface area contributed by atoms with Crippen LogP contribution in [0.4, 0.5) is 0 Å². The van der Waals surface area contributed by atoms with E-state index in [1.165, 1.54) is 0 Å². The van der Waals surface area contributed by atoms with E-state index in [0.717, 1.165) is 47.3 Å². The highest BCUT2D eigenvalue weighted by Gasteiger charge is 2.47. The maximum atomic E-state index is 2.57. The third kappa shape index (κ3) is 1.63. The zero-order valence-electron chi connectivity index (χ0n) is 12.3. The minimum atomic E-state index is 1.07. The topological polar surface area (TPSA) is 0 Å². The maximum absolute atomic E-state index is 2.57. The molecule has 18 heavy (non-hydrogen) atoms. The van der Waals surface area contributed by atoms with Gasteiger partial charge in [-0.05, 0) is 98.7 Å². The molecule has 4 saturated carbocycles. The minimum absolute atomic E-state index is 1.07. The largest absolute Gasteiger partial charge is 0.0620 e. The van der Waals surface area contributed by atoms with Crippen LogP contribution in [0.3, 0.4) is 0 Å². The Labute approximate surface area is 113 Å². The molecule has 0 aromatic carbocycles. The van der Waals surface area contributed by atoms with Gasteiger partial charge in [0.15, 0.2) is 0 Å². The van der Waals surface area contributed by atoms with E-state index >= 15 is 0 Å². The van der Waals surface area contributed by atoms with Gasteiger partial charge in [0.1, 0.15) is 0 Å². The molecule has 4 aliphatic rings. The smallest absolute Gasteiger partial charge is 0.0357 e. The Kier molecular flexibility index (Phi) is 2.79. The molecule has 0 saturated heterocycles. The molecule has 0 radical (unpaired) electrons. The van der Waals surface area contributed by atoms with E-state index in [4.69, 9.17) is 0 Å². The molecule has 0 aliphatic heterocycles. The molecule has 8 unspecified atom stereocenters. The van der Waals surface area contributed by atoms with Crippen LogP contribution < -0.4 is 0 Å². The second-order valence-corrected chi connectivity index (χ2v) is 8.29. The van der Waals surface area contributed by atoms with Crippen molar-refractivity contribution in [1.29, 1.82) is 0 Å². The Hall–Kier alpha value is 0. The first-order valence-corrected chi connectivity index (χ1v) is 8.74. The Morgan fingerprint density at radius 3 is 1.33 bits per heavy atom. The molecule has 4 fully saturated rings. The molecule has 0 heteroatoms. The molecular weight excluding hydrogens is 216 g/mol. The average Bonchev–Trinajstić information content (AvgIpc) is 3.08. The minimum Gasteiger partial charge on any atom is -0.0620 e. The van der Waals surface area contributed by atoms with Gasteiger partial charge in [-0.2, -0.15) is 0 Å². The summed E-state index contributed by atoms with van der Waals surface area (Å²) in [6.07, 6.45) is 12.6. The van der Waals surface area contributed by atoms with Crippen LogP contribution in [0.1, 0.15) is 65.2 Å². The summed E-state index contributed by atoms with van der Waals surface area (Å²) in [7, 11) is 0. The lowest BCUT2D eigenvalue weighted by Crippen LogP contribution is -2.24. The molecular formula is C18H30. The normalized spacial score (nSPS) is 57.7. The quantitative estimate of drug-likeness (QED) is 0.647. The van der Waals surface area contributed by atoms with Gasteiger partial charge in [0.25, 0.3) is 0 Å². The molecule has 4 rings (SSSR count). The highest BCUT2D eigenvalue weighted by molar-refractivity contribution is 4.97. The number of rotatable bonds is 3. The monoisotopic (exact) mass is 246 g/mol. The van der Waals surface area contributed by atoms with Crippen LogP contribution in [0.25, 0.3) is 0 Å². The Morgan fingerprint density at radius 2 is 1.00 bits per heavy atom. The number of hydrogen-bond acceptors (Lipinski definition) is 0. The zero-order valence-corrected chi connectivity index (χ0v) is 12.3. The van der Waals surface area contributed by atoms with E-state index in [1.807, 2.05) is 0 Å². The van der Waals surface area contributed by atoms with Gasteiger partial charge in [-0.25, -0.2) is 0 Å². The Balaban J connectivity index is 1.36. The SMILES string of the molecule is CC1C2CCC(C2)C1CCC1C2CCC(C2)C1C. The molecule has 4 aliphatic carbocycles. The molecule has 0 nitrogen and oxygen atoms in total. The lowest BCUT2D eigenvalue weighted by molar-refractivity contribution is 0.170. The summed E-state index contributed by atoms with van der Waals surface area (Å²) in [6.45, 7) is 5.14. The zero-order chi connectivity index (χ0) is 12.3. The van der Waals surface area contributed by atoms with E-state index in [0.29, 0.717) is 0 Å². The van der Waals surface area contributed by atoms with Gasteiger partial charge in [-0.1, -0.05) is 13.8 Å². The molecule has 4 bridgehead atoms. The van der Waals surface area contributed by atoms with Gasteiger partial charge in [0, 0.05) is 0 Å². The summed E-state index contributed by atoms with van der Waals surface area (Å²) in [4.78, 5) is 0. The summed E-state index contributed by atoms with van der Waals surface area (Å²) >= 11 is 0. The van der Waals surface area contributed by atoms with E-state index in [9.17, 15) is 0 Å². The van der Waals surface area contributed by atoms with Crippen LogP contribution in [-0.2, 0) is 0 Å².